The Morgan fingerprint density at radius 3 is 2.38 bits per heavy atom. The molecule has 1 saturated heterocycles. The number of aliphatic hydroxyl groups is 1. The van der Waals surface area contributed by atoms with Gasteiger partial charge < -0.3 is 50.2 Å². The third-order valence-corrected chi connectivity index (χ3v) is 7.53. The van der Waals surface area contributed by atoms with Gasteiger partial charge in [-0.1, -0.05) is 24.3 Å². The number of benzene rings is 2. The minimum Gasteiger partial charge on any atom is -0.504 e. The normalized spacial score (nSPS) is 25.4. The summed E-state index contributed by atoms with van der Waals surface area (Å²) in [7, 11) is 0. The predicted octanol–water partition coefficient (Wildman–Crippen LogP) is 1.93. The molecule has 1 heterocycles. The number of phenols is 3. The lowest BCUT2D eigenvalue weighted by Gasteiger charge is -2.45. The maximum Gasteiger partial charge on any atom is 0.336 e. The van der Waals surface area contributed by atoms with Gasteiger partial charge in [-0.25, -0.2) is 4.79 Å². The first-order chi connectivity index (χ1) is 21.5. The van der Waals surface area contributed by atoms with E-state index in [4.69, 9.17) is 24.7 Å². The van der Waals surface area contributed by atoms with Gasteiger partial charge >= 0.3 is 5.97 Å². The molecule has 7 N–H and O–H groups in total. The van der Waals surface area contributed by atoms with Gasteiger partial charge in [-0.3, -0.25) is 9.59 Å². The molecule has 5 atom stereocenters. The lowest BCUT2D eigenvalue weighted by molar-refractivity contribution is -0.225. The molecule has 0 radical (unpaired) electrons. The zero-order chi connectivity index (χ0) is 32.6. The second-order valence-electron chi connectivity index (χ2n) is 10.9. The van der Waals surface area contributed by atoms with Gasteiger partial charge in [0.1, 0.15) is 25.4 Å². The highest BCUT2D eigenvalue weighted by Crippen LogP contribution is 2.38. The van der Waals surface area contributed by atoms with Crippen molar-refractivity contribution in [2.24, 2.45) is 5.73 Å². The van der Waals surface area contributed by atoms with Crippen molar-refractivity contribution in [3.8, 4) is 23.0 Å². The number of fused-ring (bicyclic) bond motifs is 1. The van der Waals surface area contributed by atoms with Crippen LogP contribution in [0, 0.1) is 0 Å². The fraction of sp³-hybridized carbons (Fsp3) is 0.406. The van der Waals surface area contributed by atoms with E-state index in [1.165, 1.54) is 54.6 Å². The van der Waals surface area contributed by atoms with Crippen LogP contribution in [0.4, 0.5) is 0 Å². The van der Waals surface area contributed by atoms with Crippen LogP contribution in [0.2, 0.25) is 0 Å². The molecule has 242 valence electrons. The van der Waals surface area contributed by atoms with Gasteiger partial charge in [0.2, 0.25) is 0 Å². The summed E-state index contributed by atoms with van der Waals surface area (Å²) < 4.78 is 22.8. The average molecular weight is 628 g/mol. The number of ether oxygens (including phenoxy) is 4. The standard InChI is InChI=1S/C32H37NO12/c33-11-13-42-27-10-6-19(15-25(27)38)3-7-21(34)18-44-32(31(40)41)16-26(39)30-29(17-32)45-28(2-1-12-43-30)23(36)9-5-20-4-8-22(35)24(37)14-20/h3-10,14-15,26,28-30,35,37-39H,1-2,11-13,16-18,33H2,(H,40,41)/b7-3+,9-5+/t26-,28+,29-,30-,32+/m1/s1. The largest absolute Gasteiger partial charge is 0.504 e. The van der Waals surface area contributed by atoms with Crippen molar-refractivity contribution in [3.05, 3.63) is 59.7 Å². The molecule has 0 unspecified atom stereocenters. The number of rotatable bonds is 12. The summed E-state index contributed by atoms with van der Waals surface area (Å²) in [6.45, 7) is 0.0806. The predicted molar refractivity (Wildman–Crippen MR) is 160 cm³/mol. The van der Waals surface area contributed by atoms with Gasteiger partial charge in [-0.2, -0.15) is 0 Å². The van der Waals surface area contributed by atoms with Crippen LogP contribution in [0.5, 0.6) is 23.0 Å². The van der Waals surface area contributed by atoms with Crippen LogP contribution >= 0.6 is 0 Å². The molecule has 4 rings (SSSR count). The number of nitrogens with two attached hydrogens (primary N) is 1. The van der Waals surface area contributed by atoms with E-state index in [1.807, 2.05) is 0 Å². The number of carboxylic acids is 1. The van der Waals surface area contributed by atoms with Crippen LogP contribution < -0.4 is 10.5 Å². The number of hydrogen-bond donors (Lipinski definition) is 6. The highest BCUT2D eigenvalue weighted by atomic mass is 16.6. The summed E-state index contributed by atoms with van der Waals surface area (Å²) in [5.74, 6) is -2.94. The fourth-order valence-electron chi connectivity index (χ4n) is 5.21. The Hall–Kier alpha value is -4.27. The Morgan fingerprint density at radius 2 is 1.69 bits per heavy atom. The molecule has 2 aromatic rings. The van der Waals surface area contributed by atoms with E-state index in [0.29, 0.717) is 17.5 Å². The summed E-state index contributed by atoms with van der Waals surface area (Å²) in [6, 6.07) is 8.60. The van der Waals surface area contributed by atoms with Crippen molar-refractivity contribution in [2.45, 2.75) is 55.7 Å². The second-order valence-corrected chi connectivity index (χ2v) is 10.9. The molecule has 0 amide bonds. The van der Waals surface area contributed by atoms with Gasteiger partial charge in [0.25, 0.3) is 0 Å². The van der Waals surface area contributed by atoms with Crippen LogP contribution in [-0.2, 0) is 28.6 Å². The molecule has 1 aliphatic carbocycles. The summed E-state index contributed by atoms with van der Waals surface area (Å²) in [6.07, 6.45) is 1.10. The SMILES string of the molecule is NCCOc1ccc(/C=C/C(=O)CO[C@@]2(C(=O)O)C[C@@H](O)[C@H]3OCCC[C@@H](C(=O)/C=C/c4ccc(O)c(O)c4)O[C@@H]3C2)cc1O. The van der Waals surface area contributed by atoms with Crippen LogP contribution in [0.1, 0.15) is 36.8 Å². The van der Waals surface area contributed by atoms with E-state index in [1.54, 1.807) is 6.07 Å². The lowest BCUT2D eigenvalue weighted by Crippen LogP contribution is -2.60. The monoisotopic (exact) mass is 627 g/mol. The molecule has 45 heavy (non-hydrogen) atoms. The molecule has 2 aromatic carbocycles. The number of phenolic OH excluding ortho intramolecular Hbond substituents is 3. The van der Waals surface area contributed by atoms with Crippen molar-refractivity contribution < 1.29 is 58.9 Å². The van der Waals surface area contributed by atoms with Gasteiger partial charge in [0.15, 0.2) is 40.2 Å². The van der Waals surface area contributed by atoms with Gasteiger partial charge in [0, 0.05) is 26.0 Å². The number of carbonyl (C=O) groups is 3. The molecule has 2 fully saturated rings. The van der Waals surface area contributed by atoms with Crippen molar-refractivity contribution in [2.75, 3.05) is 26.4 Å². The number of hydrogen-bond acceptors (Lipinski definition) is 12. The molecule has 0 spiro atoms. The first-order valence-electron chi connectivity index (χ1n) is 14.4. The molecule has 13 nitrogen and oxygen atoms in total. The van der Waals surface area contributed by atoms with E-state index < -0.39 is 54.2 Å². The number of aromatic hydroxyl groups is 3. The highest BCUT2D eigenvalue weighted by Gasteiger charge is 2.53. The Labute approximate surface area is 259 Å². The Morgan fingerprint density at radius 1 is 0.978 bits per heavy atom. The molecule has 0 bridgehead atoms. The van der Waals surface area contributed by atoms with E-state index in [0.717, 1.165) is 0 Å². The lowest BCUT2D eigenvalue weighted by atomic mass is 9.78. The summed E-state index contributed by atoms with van der Waals surface area (Å²) in [4.78, 5) is 38.2. The summed E-state index contributed by atoms with van der Waals surface area (Å²) >= 11 is 0. The molecule has 0 aromatic heterocycles. The molecule has 2 aliphatic rings. The minimum atomic E-state index is -2.00. The second kappa shape index (κ2) is 15.1. The molecule has 13 heteroatoms. The quantitative estimate of drug-likeness (QED) is 0.147. The number of aliphatic hydroxyl groups excluding tert-OH is 1. The summed E-state index contributed by atoms with van der Waals surface area (Å²) in [5.41, 5.74) is 4.34. The van der Waals surface area contributed by atoms with Crippen LogP contribution in [0.3, 0.4) is 0 Å². The van der Waals surface area contributed by atoms with Crippen molar-refractivity contribution in [1.29, 1.82) is 0 Å². The minimum absolute atomic E-state index is 0.141. The van der Waals surface area contributed by atoms with Crippen LogP contribution in [0.25, 0.3) is 12.2 Å². The number of aliphatic carboxylic acids is 1. The van der Waals surface area contributed by atoms with Gasteiger partial charge in [-0.15, -0.1) is 0 Å². The Bertz CT molecular complexity index is 1440. The van der Waals surface area contributed by atoms with Crippen LogP contribution in [0.15, 0.2) is 48.6 Å². The van der Waals surface area contributed by atoms with E-state index in [9.17, 15) is 39.9 Å². The maximum absolute atomic E-state index is 13.1. The highest BCUT2D eigenvalue weighted by molar-refractivity contribution is 5.97. The first-order valence-corrected chi connectivity index (χ1v) is 14.4. The first kappa shape index (κ1) is 33.6. The number of carbonyl (C=O) groups excluding carboxylic acids is 2. The van der Waals surface area contributed by atoms with Crippen LogP contribution in [-0.4, -0.2) is 99.5 Å². The van der Waals surface area contributed by atoms with Gasteiger partial charge in [0.05, 0.1) is 12.2 Å². The third kappa shape index (κ3) is 8.68. The topological polar surface area (TPSA) is 215 Å². The van der Waals surface area contributed by atoms with Crippen molar-refractivity contribution >= 4 is 29.7 Å². The number of carboxylic acid groups (broad SMARTS) is 1. The zero-order valence-electron chi connectivity index (χ0n) is 24.4. The van der Waals surface area contributed by atoms with Crippen molar-refractivity contribution in [3.63, 3.8) is 0 Å². The molecule has 1 saturated carbocycles. The van der Waals surface area contributed by atoms with E-state index >= 15 is 0 Å². The molecular formula is C32H37NO12. The summed E-state index contributed by atoms with van der Waals surface area (Å²) in [5, 5.41) is 50.4. The Kier molecular flexibility index (Phi) is 11.3. The maximum atomic E-state index is 13.1. The molecule has 1 aliphatic heterocycles. The van der Waals surface area contributed by atoms with E-state index in [-0.39, 0.29) is 62.0 Å². The smallest absolute Gasteiger partial charge is 0.336 e. The van der Waals surface area contributed by atoms with E-state index in [2.05, 4.69) is 0 Å². The van der Waals surface area contributed by atoms with Gasteiger partial charge in [-0.05, 0) is 60.4 Å². The average Bonchev–Trinajstić information content (AvgIpc) is 2.99. The third-order valence-electron chi connectivity index (χ3n) is 7.53. The van der Waals surface area contributed by atoms with Crippen molar-refractivity contribution in [1.82, 2.24) is 0 Å². The number of ketones is 2. The fourth-order valence-corrected chi connectivity index (χ4v) is 5.21. The molecular weight excluding hydrogens is 590 g/mol. The Balaban J connectivity index is 1.43. The zero-order valence-corrected chi connectivity index (χ0v) is 24.4.